The van der Waals surface area contributed by atoms with Crippen molar-refractivity contribution in [2.24, 2.45) is 10.9 Å². The van der Waals surface area contributed by atoms with Crippen molar-refractivity contribution in [3.8, 4) is 0 Å². The zero-order valence-electron chi connectivity index (χ0n) is 15.8. The van der Waals surface area contributed by atoms with Gasteiger partial charge in [0.25, 0.3) is 0 Å². The number of guanidine groups is 1. The van der Waals surface area contributed by atoms with E-state index in [1.807, 2.05) is 13.1 Å². The number of furan rings is 1. The Morgan fingerprint density at radius 2 is 2.12 bits per heavy atom. The molecule has 0 bridgehead atoms. The molecule has 1 unspecified atom stereocenters. The molecule has 26 heavy (non-hydrogen) atoms. The van der Waals surface area contributed by atoms with E-state index in [1.165, 1.54) is 32.1 Å². The molecule has 148 valence electrons. The highest BCUT2D eigenvalue weighted by atomic mass is 127. The van der Waals surface area contributed by atoms with E-state index in [1.54, 1.807) is 6.26 Å². The third-order valence-corrected chi connectivity index (χ3v) is 4.98. The van der Waals surface area contributed by atoms with Crippen molar-refractivity contribution in [1.82, 2.24) is 15.5 Å². The maximum atomic E-state index is 5.69. The monoisotopic (exact) mass is 476 g/mol. The van der Waals surface area contributed by atoms with Gasteiger partial charge in [0.05, 0.1) is 18.9 Å². The summed E-state index contributed by atoms with van der Waals surface area (Å²) in [6.07, 6.45) is 8.29. The summed E-state index contributed by atoms with van der Waals surface area (Å²) in [5.74, 6) is 2.66. The van der Waals surface area contributed by atoms with E-state index in [-0.39, 0.29) is 30.0 Å². The predicted octanol–water partition coefficient (Wildman–Crippen LogP) is 3.02. The fraction of sp³-hybridized carbons (Fsp3) is 0.737. The van der Waals surface area contributed by atoms with Crippen molar-refractivity contribution < 1.29 is 9.15 Å². The topological polar surface area (TPSA) is 62.0 Å². The van der Waals surface area contributed by atoms with Gasteiger partial charge >= 0.3 is 0 Å². The highest BCUT2D eigenvalue weighted by Gasteiger charge is 2.24. The number of halogens is 1. The summed E-state index contributed by atoms with van der Waals surface area (Å²) < 4.78 is 11.4. The molecule has 3 rings (SSSR count). The molecule has 2 heterocycles. The average molecular weight is 476 g/mol. The molecule has 2 N–H and O–H groups in total. The Labute approximate surface area is 174 Å². The summed E-state index contributed by atoms with van der Waals surface area (Å²) in [7, 11) is 1.81. The van der Waals surface area contributed by atoms with Gasteiger partial charge in [-0.15, -0.1) is 24.0 Å². The van der Waals surface area contributed by atoms with Gasteiger partial charge in [0.15, 0.2) is 5.96 Å². The molecule has 1 aliphatic carbocycles. The minimum atomic E-state index is 0. The summed E-state index contributed by atoms with van der Waals surface area (Å²) in [6.45, 7) is 5.47. The Kier molecular flexibility index (Phi) is 9.77. The Morgan fingerprint density at radius 1 is 1.31 bits per heavy atom. The second-order valence-corrected chi connectivity index (χ2v) is 7.03. The molecule has 1 saturated carbocycles. The van der Waals surface area contributed by atoms with E-state index in [0.717, 1.165) is 57.0 Å². The van der Waals surface area contributed by atoms with Crippen LogP contribution in [0.2, 0.25) is 0 Å². The Hall–Kier alpha value is -0.800. The SMILES string of the molecule is CN=C(NCCOCC1CC1)NCC(c1ccco1)N1CCCCC1.I. The van der Waals surface area contributed by atoms with Crippen molar-refractivity contribution in [3.63, 3.8) is 0 Å². The molecule has 1 atom stereocenters. The van der Waals surface area contributed by atoms with Crippen LogP contribution in [0, 0.1) is 5.92 Å². The molecule has 0 amide bonds. The lowest BCUT2D eigenvalue weighted by Crippen LogP contribution is -2.45. The minimum absolute atomic E-state index is 0. The molecule has 0 aromatic carbocycles. The molecule has 2 fully saturated rings. The highest BCUT2D eigenvalue weighted by molar-refractivity contribution is 14.0. The third kappa shape index (κ3) is 7.08. The van der Waals surface area contributed by atoms with Crippen molar-refractivity contribution in [1.29, 1.82) is 0 Å². The summed E-state index contributed by atoms with van der Waals surface area (Å²) in [5.41, 5.74) is 0. The van der Waals surface area contributed by atoms with Gasteiger partial charge in [0, 0.05) is 26.7 Å². The normalized spacial score (nSPS) is 19.7. The Bertz CT molecular complexity index is 514. The van der Waals surface area contributed by atoms with Crippen molar-refractivity contribution in [2.45, 2.75) is 38.1 Å². The largest absolute Gasteiger partial charge is 0.468 e. The van der Waals surface area contributed by atoms with Crippen LogP contribution in [-0.4, -0.2) is 57.3 Å². The van der Waals surface area contributed by atoms with Crippen LogP contribution in [0.5, 0.6) is 0 Å². The molecule has 1 aromatic heterocycles. The van der Waals surface area contributed by atoms with Gasteiger partial charge < -0.3 is 19.8 Å². The minimum Gasteiger partial charge on any atom is -0.468 e. The lowest BCUT2D eigenvalue weighted by molar-refractivity contribution is 0.128. The van der Waals surface area contributed by atoms with Crippen LogP contribution in [0.15, 0.2) is 27.8 Å². The van der Waals surface area contributed by atoms with Crippen LogP contribution in [0.1, 0.15) is 43.9 Å². The van der Waals surface area contributed by atoms with Gasteiger partial charge in [-0.3, -0.25) is 9.89 Å². The van der Waals surface area contributed by atoms with E-state index >= 15 is 0 Å². The van der Waals surface area contributed by atoms with Crippen molar-refractivity contribution in [3.05, 3.63) is 24.2 Å². The first-order valence-electron chi connectivity index (χ1n) is 9.66. The van der Waals surface area contributed by atoms with Gasteiger partial charge in [-0.05, 0) is 56.8 Å². The van der Waals surface area contributed by atoms with Gasteiger partial charge in [-0.25, -0.2) is 0 Å². The fourth-order valence-electron chi connectivity index (χ4n) is 3.31. The number of nitrogens with zero attached hydrogens (tertiary/aromatic N) is 2. The molecule has 1 saturated heterocycles. The molecule has 1 aliphatic heterocycles. The van der Waals surface area contributed by atoms with Crippen LogP contribution in [0.3, 0.4) is 0 Å². The maximum Gasteiger partial charge on any atom is 0.191 e. The number of likely N-dealkylation sites (tertiary alicyclic amines) is 1. The smallest absolute Gasteiger partial charge is 0.191 e. The number of aliphatic imine (C=N–C) groups is 1. The molecule has 1 aromatic rings. The highest BCUT2D eigenvalue weighted by Crippen LogP contribution is 2.28. The molecular formula is C19H33IN4O2. The molecule has 7 heteroatoms. The van der Waals surface area contributed by atoms with Gasteiger partial charge in [0.2, 0.25) is 0 Å². The lowest BCUT2D eigenvalue weighted by atomic mass is 10.1. The summed E-state index contributed by atoms with van der Waals surface area (Å²) >= 11 is 0. The second kappa shape index (κ2) is 11.8. The van der Waals surface area contributed by atoms with Crippen LogP contribution >= 0.6 is 24.0 Å². The molecular weight excluding hydrogens is 443 g/mol. The van der Waals surface area contributed by atoms with Crippen molar-refractivity contribution >= 4 is 29.9 Å². The quantitative estimate of drug-likeness (QED) is 0.248. The van der Waals surface area contributed by atoms with E-state index < -0.39 is 0 Å². The van der Waals surface area contributed by atoms with E-state index in [4.69, 9.17) is 9.15 Å². The number of rotatable bonds is 9. The van der Waals surface area contributed by atoms with Crippen LogP contribution in [0.4, 0.5) is 0 Å². The number of hydrogen-bond acceptors (Lipinski definition) is 4. The van der Waals surface area contributed by atoms with E-state index in [9.17, 15) is 0 Å². The Morgan fingerprint density at radius 3 is 2.77 bits per heavy atom. The number of hydrogen-bond donors (Lipinski definition) is 2. The summed E-state index contributed by atoms with van der Waals surface area (Å²) in [6, 6.07) is 4.29. The molecule has 2 aliphatic rings. The summed E-state index contributed by atoms with van der Waals surface area (Å²) in [5, 5.41) is 6.78. The standard InChI is InChI=1S/C19H32N4O2.HI/c1-20-19(21-9-13-24-15-16-7-8-16)22-14-17(18-6-5-12-25-18)23-10-3-2-4-11-23;/h5-6,12,16-17H,2-4,7-11,13-15H2,1H3,(H2,20,21,22);1H. The first kappa shape index (κ1) is 21.5. The first-order chi connectivity index (χ1) is 12.4. The number of piperidine rings is 1. The predicted molar refractivity (Wildman–Crippen MR) is 115 cm³/mol. The molecule has 0 spiro atoms. The van der Waals surface area contributed by atoms with Gasteiger partial charge in [-0.2, -0.15) is 0 Å². The van der Waals surface area contributed by atoms with E-state index in [0.29, 0.717) is 0 Å². The van der Waals surface area contributed by atoms with Crippen LogP contribution < -0.4 is 10.6 Å². The molecule has 0 radical (unpaired) electrons. The van der Waals surface area contributed by atoms with Crippen molar-refractivity contribution in [2.75, 3.05) is 46.4 Å². The summed E-state index contributed by atoms with van der Waals surface area (Å²) in [4.78, 5) is 6.84. The van der Waals surface area contributed by atoms with Gasteiger partial charge in [0.1, 0.15) is 5.76 Å². The zero-order chi connectivity index (χ0) is 17.3. The van der Waals surface area contributed by atoms with Gasteiger partial charge in [-0.1, -0.05) is 6.42 Å². The first-order valence-corrected chi connectivity index (χ1v) is 9.66. The zero-order valence-corrected chi connectivity index (χ0v) is 18.1. The Balaban J connectivity index is 0.00000243. The maximum absolute atomic E-state index is 5.69. The second-order valence-electron chi connectivity index (χ2n) is 7.03. The number of nitrogens with one attached hydrogen (secondary N) is 2. The van der Waals surface area contributed by atoms with Crippen LogP contribution in [-0.2, 0) is 4.74 Å². The fourth-order valence-corrected chi connectivity index (χ4v) is 3.31. The third-order valence-electron chi connectivity index (χ3n) is 4.98. The average Bonchev–Trinajstić information content (AvgIpc) is 3.32. The van der Waals surface area contributed by atoms with Crippen LogP contribution in [0.25, 0.3) is 0 Å². The van der Waals surface area contributed by atoms with E-state index in [2.05, 4.69) is 26.6 Å². The number of ether oxygens (including phenoxy) is 1. The lowest BCUT2D eigenvalue weighted by Gasteiger charge is -2.33. The molecule has 6 nitrogen and oxygen atoms in total.